The monoisotopic (exact) mass is 568 g/mol. The lowest BCUT2D eigenvalue weighted by atomic mass is 9.92. The van der Waals surface area contributed by atoms with Gasteiger partial charge in [-0.3, -0.25) is 4.79 Å². The maximum absolute atomic E-state index is 13.3. The molecule has 0 aliphatic heterocycles. The van der Waals surface area contributed by atoms with E-state index in [1.54, 1.807) is 0 Å². The number of aromatic nitrogens is 1. The van der Waals surface area contributed by atoms with Gasteiger partial charge in [-0.05, 0) is 66.1 Å². The Hall–Kier alpha value is -4.25. The lowest BCUT2D eigenvalue weighted by molar-refractivity contribution is -0.0823. The van der Waals surface area contributed by atoms with Crippen molar-refractivity contribution in [1.82, 2.24) is 10.3 Å². The fourth-order valence-corrected chi connectivity index (χ4v) is 4.08. The van der Waals surface area contributed by atoms with E-state index in [0.717, 1.165) is 32.1 Å². The molecular weight excluding hydrogens is 532 g/mol. The lowest BCUT2D eigenvalue weighted by Crippen LogP contribution is -2.28. The van der Waals surface area contributed by atoms with Crippen molar-refractivity contribution in [3.05, 3.63) is 58.9 Å². The second kappa shape index (κ2) is 14.9. The molecule has 1 fully saturated rings. The van der Waals surface area contributed by atoms with Gasteiger partial charge in [-0.2, -0.15) is 0 Å². The average Bonchev–Trinajstić information content (AvgIpc) is 3.79. The Morgan fingerprint density at radius 2 is 1.88 bits per heavy atom. The number of hydrogen-bond donors (Lipinski definition) is 3. The third-order valence-electron chi connectivity index (χ3n) is 6.51. The molecule has 1 unspecified atom stereocenters. The van der Waals surface area contributed by atoms with Crippen molar-refractivity contribution in [3.8, 4) is 11.1 Å². The molecule has 3 N–H and O–H groups in total. The van der Waals surface area contributed by atoms with Crippen LogP contribution in [0.15, 0.2) is 30.8 Å². The van der Waals surface area contributed by atoms with Crippen LogP contribution in [0.1, 0.15) is 94.8 Å². The predicted octanol–water partition coefficient (Wildman–Crippen LogP) is 4.96. The van der Waals surface area contributed by atoms with Crippen molar-refractivity contribution in [1.29, 1.82) is 0 Å². The van der Waals surface area contributed by atoms with E-state index in [2.05, 4.69) is 23.8 Å². The maximum atomic E-state index is 13.3. The second-order valence-electron chi connectivity index (χ2n) is 9.76. The number of carbonyl (C=O) groups excluding carboxylic acids is 3. The number of carbonyl (C=O) groups is 4. The fourth-order valence-electron chi connectivity index (χ4n) is 4.08. The molecule has 11 heteroatoms. The lowest BCUT2D eigenvalue weighted by Gasteiger charge is -2.17. The molecule has 1 atom stereocenters. The van der Waals surface area contributed by atoms with Crippen molar-refractivity contribution in [2.24, 2.45) is 5.92 Å². The molecule has 1 saturated carbocycles. The number of carboxylic acid groups (broad SMARTS) is 1. The van der Waals surface area contributed by atoms with Crippen LogP contribution in [-0.4, -0.2) is 58.6 Å². The highest BCUT2D eigenvalue weighted by Crippen LogP contribution is 2.31. The molecule has 1 heterocycles. The first kappa shape index (κ1) is 31.3. The zero-order valence-corrected chi connectivity index (χ0v) is 23.3. The number of aromatic carboxylic acids is 1. The molecule has 1 amide bonds. The van der Waals surface area contributed by atoms with E-state index >= 15 is 0 Å². The highest BCUT2D eigenvalue weighted by Gasteiger charge is 2.27. The number of hydrogen-bond acceptors (Lipinski definition) is 9. The molecular formula is C30H36N2O9. The first-order chi connectivity index (χ1) is 19.7. The normalized spacial score (nSPS) is 13.1. The van der Waals surface area contributed by atoms with Crippen molar-refractivity contribution in [2.45, 2.75) is 65.3 Å². The number of nitrogens with zero attached hydrogens (tertiary/aromatic N) is 1. The third-order valence-corrected chi connectivity index (χ3v) is 6.51. The Morgan fingerprint density at radius 1 is 1.12 bits per heavy atom. The van der Waals surface area contributed by atoms with Crippen LogP contribution in [0.25, 0.3) is 17.2 Å². The molecule has 41 heavy (non-hydrogen) atoms. The van der Waals surface area contributed by atoms with E-state index in [1.165, 1.54) is 37.3 Å². The van der Waals surface area contributed by atoms with E-state index in [-0.39, 0.29) is 34.7 Å². The number of amides is 1. The minimum Gasteiger partial charge on any atom is -0.478 e. The van der Waals surface area contributed by atoms with Gasteiger partial charge < -0.3 is 29.7 Å². The van der Waals surface area contributed by atoms with Gasteiger partial charge in [0.15, 0.2) is 5.69 Å². The summed E-state index contributed by atoms with van der Waals surface area (Å²) in [6.07, 6.45) is 4.69. The Kier molecular flexibility index (Phi) is 11.4. The van der Waals surface area contributed by atoms with E-state index < -0.39 is 36.9 Å². The standard InChI is InChI=1S/C30H36N2O9/c1-4-6-7-8-13-39-30(38)41-18(3)40-29(37)26-22(11-12-25(32-26)27(34)31-16-19-9-10-19)23-15-21(17-33)20(5-2)14-24(23)28(35)36/h5,11-12,14-15,18-19,33H,2,4,6-10,13,16-17H2,1,3H3,(H,31,34)(H,35,36). The number of aliphatic hydroxyl groups excluding tert-OH is 1. The fraction of sp³-hybridized carbons (Fsp3) is 0.433. The van der Waals surface area contributed by atoms with Crippen molar-refractivity contribution in [2.75, 3.05) is 13.2 Å². The van der Waals surface area contributed by atoms with Gasteiger partial charge in [0, 0.05) is 19.0 Å². The summed E-state index contributed by atoms with van der Waals surface area (Å²) in [6, 6.07) is 5.50. The molecule has 1 aromatic carbocycles. The number of benzene rings is 1. The van der Waals surface area contributed by atoms with Gasteiger partial charge in [0.1, 0.15) is 5.69 Å². The summed E-state index contributed by atoms with van der Waals surface area (Å²) in [5, 5.41) is 22.5. The first-order valence-electron chi connectivity index (χ1n) is 13.7. The Labute approximate surface area is 238 Å². The molecule has 220 valence electrons. The number of rotatable bonds is 15. The van der Waals surface area contributed by atoms with Crippen molar-refractivity contribution >= 4 is 30.1 Å². The number of nitrogens with one attached hydrogen (secondary N) is 1. The first-order valence-corrected chi connectivity index (χ1v) is 13.7. The summed E-state index contributed by atoms with van der Waals surface area (Å²) in [5.74, 6) is -2.46. The Bertz CT molecular complexity index is 1290. The van der Waals surface area contributed by atoms with Crippen LogP contribution in [-0.2, 0) is 20.8 Å². The number of unbranched alkanes of at least 4 members (excludes halogenated alkanes) is 3. The van der Waals surface area contributed by atoms with Crippen LogP contribution in [0.2, 0.25) is 0 Å². The number of aliphatic hydroxyl groups is 1. The zero-order valence-electron chi connectivity index (χ0n) is 23.3. The minimum atomic E-state index is -1.37. The largest absolute Gasteiger partial charge is 0.511 e. The number of pyridine rings is 1. The van der Waals surface area contributed by atoms with Crippen LogP contribution >= 0.6 is 0 Å². The van der Waals surface area contributed by atoms with E-state index in [0.29, 0.717) is 30.0 Å². The van der Waals surface area contributed by atoms with Gasteiger partial charge in [0.25, 0.3) is 5.91 Å². The van der Waals surface area contributed by atoms with Gasteiger partial charge in [-0.15, -0.1) is 0 Å². The van der Waals surface area contributed by atoms with Crippen LogP contribution in [0.5, 0.6) is 0 Å². The minimum absolute atomic E-state index is 0.0437. The van der Waals surface area contributed by atoms with Crippen LogP contribution in [0.4, 0.5) is 4.79 Å². The molecule has 1 aliphatic rings. The molecule has 3 rings (SSSR count). The van der Waals surface area contributed by atoms with Crippen molar-refractivity contribution in [3.63, 3.8) is 0 Å². The number of esters is 1. The molecule has 0 radical (unpaired) electrons. The van der Waals surface area contributed by atoms with E-state index in [9.17, 15) is 29.4 Å². The smallest absolute Gasteiger partial charge is 0.478 e. The van der Waals surface area contributed by atoms with Gasteiger partial charge in [0.05, 0.1) is 18.8 Å². The van der Waals surface area contributed by atoms with E-state index in [1.807, 2.05) is 0 Å². The zero-order chi connectivity index (χ0) is 29.9. The van der Waals surface area contributed by atoms with Crippen molar-refractivity contribution < 1.29 is 43.6 Å². The Morgan fingerprint density at radius 3 is 2.51 bits per heavy atom. The molecule has 0 bridgehead atoms. The van der Waals surface area contributed by atoms with E-state index in [4.69, 9.17) is 14.2 Å². The van der Waals surface area contributed by atoms with Gasteiger partial charge in [-0.1, -0.05) is 38.8 Å². The highest BCUT2D eigenvalue weighted by atomic mass is 16.8. The maximum Gasteiger partial charge on any atom is 0.511 e. The molecule has 11 nitrogen and oxygen atoms in total. The summed E-state index contributed by atoms with van der Waals surface area (Å²) in [7, 11) is 0. The van der Waals surface area contributed by atoms with Crippen LogP contribution < -0.4 is 5.32 Å². The summed E-state index contributed by atoms with van der Waals surface area (Å²) >= 11 is 0. The van der Waals surface area contributed by atoms with Gasteiger partial charge in [-0.25, -0.2) is 19.4 Å². The summed E-state index contributed by atoms with van der Waals surface area (Å²) < 4.78 is 15.3. The molecule has 0 saturated heterocycles. The molecule has 1 aliphatic carbocycles. The van der Waals surface area contributed by atoms with Gasteiger partial charge >= 0.3 is 18.1 Å². The summed E-state index contributed by atoms with van der Waals surface area (Å²) in [4.78, 5) is 54.4. The van der Waals surface area contributed by atoms with Gasteiger partial charge in [0.2, 0.25) is 6.29 Å². The molecule has 0 spiro atoms. The topological polar surface area (TPSA) is 161 Å². The second-order valence-corrected chi connectivity index (χ2v) is 9.76. The Balaban J connectivity index is 1.91. The summed E-state index contributed by atoms with van der Waals surface area (Å²) in [5.41, 5.74) is 0.239. The molecule has 1 aromatic heterocycles. The average molecular weight is 569 g/mol. The highest BCUT2D eigenvalue weighted by molar-refractivity contribution is 6.03. The van der Waals surface area contributed by atoms with Crippen LogP contribution in [0, 0.1) is 5.92 Å². The third kappa shape index (κ3) is 8.87. The predicted molar refractivity (Wildman–Crippen MR) is 149 cm³/mol. The molecule has 2 aromatic rings. The van der Waals surface area contributed by atoms with Crippen LogP contribution in [0.3, 0.4) is 0 Å². The SMILES string of the molecule is C=Cc1cc(C(=O)O)c(-c2ccc(C(=O)NCC3CC3)nc2C(=O)OC(C)OC(=O)OCCCCCC)cc1CO. The number of ether oxygens (including phenoxy) is 3. The number of carboxylic acids is 1. The summed E-state index contributed by atoms with van der Waals surface area (Å²) in [6.45, 7) is 7.24. The quantitative estimate of drug-likeness (QED) is 0.152.